The van der Waals surface area contributed by atoms with Gasteiger partial charge in [0.15, 0.2) is 0 Å². The predicted molar refractivity (Wildman–Crippen MR) is 113 cm³/mol. The number of benzene rings is 1. The first kappa shape index (κ1) is 22.3. The third-order valence-electron chi connectivity index (χ3n) is 6.29. The van der Waals surface area contributed by atoms with Crippen molar-refractivity contribution >= 4 is 23.6 Å². The first-order valence-corrected chi connectivity index (χ1v) is 11.1. The Hall–Kier alpha value is -2.41. The second kappa shape index (κ2) is 10.6. The second-order valence-electron chi connectivity index (χ2n) is 8.46. The highest BCUT2D eigenvalue weighted by Gasteiger charge is 2.38. The molecule has 1 aliphatic carbocycles. The van der Waals surface area contributed by atoms with Gasteiger partial charge in [-0.2, -0.15) is 0 Å². The number of amides is 3. The maximum atomic E-state index is 12.4. The predicted octanol–water partition coefficient (Wildman–Crippen LogP) is 4.15. The highest BCUT2D eigenvalue weighted by atomic mass is 16.4. The van der Waals surface area contributed by atoms with E-state index in [-0.39, 0.29) is 18.2 Å². The van der Waals surface area contributed by atoms with Crippen molar-refractivity contribution in [1.82, 2.24) is 5.32 Å². The van der Waals surface area contributed by atoms with E-state index in [0.29, 0.717) is 18.5 Å². The summed E-state index contributed by atoms with van der Waals surface area (Å²) in [6, 6.07) is 6.35. The quantitative estimate of drug-likeness (QED) is 0.392. The number of aliphatic hydroxyl groups is 1. The summed E-state index contributed by atoms with van der Waals surface area (Å²) in [5.41, 5.74) is 1.50. The van der Waals surface area contributed by atoms with Gasteiger partial charge in [-0.1, -0.05) is 50.7 Å². The zero-order chi connectivity index (χ0) is 21.5. The minimum atomic E-state index is -0.793. The smallest absolute Gasteiger partial charge is 0.329 e. The minimum absolute atomic E-state index is 0.160. The first-order chi connectivity index (χ1) is 14.5. The molecule has 7 nitrogen and oxygen atoms in total. The summed E-state index contributed by atoms with van der Waals surface area (Å²) >= 11 is 0. The second-order valence-corrected chi connectivity index (χ2v) is 8.46. The summed E-state index contributed by atoms with van der Waals surface area (Å²) in [6.07, 6.45) is 8.84. The zero-order valence-electron chi connectivity index (χ0n) is 17.4. The molecule has 1 aromatic rings. The van der Waals surface area contributed by atoms with Crippen LogP contribution in [0.15, 0.2) is 24.3 Å². The molecule has 0 aromatic heterocycles. The molecule has 1 saturated heterocycles. The van der Waals surface area contributed by atoms with Crippen LogP contribution >= 0.6 is 0 Å². The van der Waals surface area contributed by atoms with Crippen molar-refractivity contribution in [2.24, 2.45) is 5.92 Å². The summed E-state index contributed by atoms with van der Waals surface area (Å²) in [4.78, 5) is 36.7. The SMILES string of the molecule is O=C(O)CCCCCCC1C(=O)NC(=O)N1c1ccc(C(O)C2CCCCC2)cc1. The molecule has 0 spiro atoms. The lowest BCUT2D eigenvalue weighted by Crippen LogP contribution is -2.35. The van der Waals surface area contributed by atoms with Crippen LogP contribution in [-0.4, -0.2) is 34.2 Å². The third-order valence-corrected chi connectivity index (χ3v) is 6.29. The van der Waals surface area contributed by atoms with Crippen LogP contribution in [0.25, 0.3) is 0 Å². The molecule has 3 amide bonds. The van der Waals surface area contributed by atoms with E-state index in [1.165, 1.54) is 11.3 Å². The van der Waals surface area contributed by atoms with Gasteiger partial charge in [-0.05, 0) is 49.3 Å². The molecule has 2 fully saturated rings. The van der Waals surface area contributed by atoms with Gasteiger partial charge in [-0.15, -0.1) is 0 Å². The molecular weight excluding hydrogens is 384 g/mol. The maximum absolute atomic E-state index is 12.4. The Kier molecular flexibility index (Phi) is 7.85. The van der Waals surface area contributed by atoms with Crippen molar-refractivity contribution in [3.8, 4) is 0 Å². The highest BCUT2D eigenvalue weighted by Crippen LogP contribution is 2.35. The van der Waals surface area contributed by atoms with Gasteiger partial charge in [0.05, 0.1) is 6.10 Å². The molecule has 3 rings (SSSR count). The summed E-state index contributed by atoms with van der Waals surface area (Å²) < 4.78 is 0. The molecule has 0 bridgehead atoms. The Balaban J connectivity index is 1.58. The van der Waals surface area contributed by atoms with E-state index in [1.807, 2.05) is 12.1 Å². The van der Waals surface area contributed by atoms with Crippen LogP contribution < -0.4 is 10.2 Å². The molecule has 30 heavy (non-hydrogen) atoms. The van der Waals surface area contributed by atoms with E-state index in [1.54, 1.807) is 12.1 Å². The van der Waals surface area contributed by atoms with E-state index < -0.39 is 24.1 Å². The van der Waals surface area contributed by atoms with Crippen molar-refractivity contribution in [2.75, 3.05) is 4.90 Å². The van der Waals surface area contributed by atoms with Gasteiger partial charge in [-0.3, -0.25) is 19.8 Å². The number of anilines is 1. The fourth-order valence-corrected chi connectivity index (χ4v) is 4.59. The first-order valence-electron chi connectivity index (χ1n) is 11.1. The lowest BCUT2D eigenvalue weighted by atomic mass is 9.83. The normalized spacial score (nSPS) is 21.0. The average Bonchev–Trinajstić information content (AvgIpc) is 3.03. The number of unbranched alkanes of at least 4 members (excludes halogenated alkanes) is 3. The number of imide groups is 1. The molecule has 1 saturated carbocycles. The Bertz CT molecular complexity index is 742. The number of hydrogen-bond donors (Lipinski definition) is 3. The number of rotatable bonds is 10. The number of aliphatic carboxylic acids is 1. The van der Waals surface area contributed by atoms with E-state index >= 15 is 0 Å². The molecule has 1 aromatic carbocycles. The molecule has 2 atom stereocenters. The molecule has 3 N–H and O–H groups in total. The summed E-state index contributed by atoms with van der Waals surface area (Å²) in [6.45, 7) is 0. The van der Waals surface area contributed by atoms with Gasteiger partial charge in [0.2, 0.25) is 0 Å². The number of hydrogen-bond acceptors (Lipinski definition) is 4. The number of urea groups is 1. The molecular formula is C23H32N2O5. The molecule has 2 unspecified atom stereocenters. The Morgan fingerprint density at radius 1 is 1.03 bits per heavy atom. The lowest BCUT2D eigenvalue weighted by Gasteiger charge is -2.27. The highest BCUT2D eigenvalue weighted by molar-refractivity contribution is 6.14. The minimum Gasteiger partial charge on any atom is -0.481 e. The van der Waals surface area contributed by atoms with Crippen LogP contribution in [-0.2, 0) is 9.59 Å². The van der Waals surface area contributed by atoms with Gasteiger partial charge >= 0.3 is 12.0 Å². The van der Waals surface area contributed by atoms with E-state index in [2.05, 4.69) is 5.32 Å². The molecule has 1 heterocycles. The van der Waals surface area contributed by atoms with Crippen molar-refractivity contribution < 1.29 is 24.6 Å². The molecule has 0 radical (unpaired) electrons. The van der Waals surface area contributed by atoms with Gasteiger partial charge in [-0.25, -0.2) is 4.79 Å². The molecule has 164 valence electrons. The monoisotopic (exact) mass is 416 g/mol. The standard InChI is InChI=1S/C23H32N2O5/c26-20(27)11-7-2-1-6-10-19-22(29)24-23(30)25(19)18-14-12-17(13-15-18)21(28)16-8-4-3-5-9-16/h12-16,19,21,28H,1-11H2,(H,26,27)(H,24,29,30). The van der Waals surface area contributed by atoms with Gasteiger partial charge in [0.25, 0.3) is 5.91 Å². The van der Waals surface area contributed by atoms with Crippen molar-refractivity contribution in [1.29, 1.82) is 0 Å². The summed E-state index contributed by atoms with van der Waals surface area (Å²) in [5, 5.41) is 21.8. The fourth-order valence-electron chi connectivity index (χ4n) is 4.59. The summed E-state index contributed by atoms with van der Waals surface area (Å²) in [5.74, 6) is -0.800. The van der Waals surface area contributed by atoms with E-state index in [0.717, 1.165) is 50.5 Å². The number of aliphatic hydroxyl groups excluding tert-OH is 1. The number of nitrogens with zero attached hydrogens (tertiary/aromatic N) is 1. The van der Waals surface area contributed by atoms with Crippen LogP contribution in [0.2, 0.25) is 0 Å². The van der Waals surface area contributed by atoms with Crippen molar-refractivity contribution in [2.45, 2.75) is 82.8 Å². The van der Waals surface area contributed by atoms with Crippen LogP contribution in [0.4, 0.5) is 10.5 Å². The van der Waals surface area contributed by atoms with Gasteiger partial charge in [0, 0.05) is 12.1 Å². The number of nitrogens with one attached hydrogen (secondary N) is 1. The third kappa shape index (κ3) is 5.59. The molecule has 1 aliphatic heterocycles. The van der Waals surface area contributed by atoms with Gasteiger partial charge in [0.1, 0.15) is 6.04 Å². The maximum Gasteiger partial charge on any atom is 0.329 e. The van der Waals surface area contributed by atoms with Crippen LogP contribution in [0.3, 0.4) is 0 Å². The Labute approximate surface area is 177 Å². The van der Waals surface area contributed by atoms with E-state index in [4.69, 9.17) is 5.11 Å². The van der Waals surface area contributed by atoms with Crippen molar-refractivity contribution in [3.05, 3.63) is 29.8 Å². The number of carboxylic acid groups (broad SMARTS) is 1. The van der Waals surface area contributed by atoms with Crippen LogP contribution in [0, 0.1) is 5.92 Å². The number of carbonyl (C=O) groups excluding carboxylic acids is 2. The van der Waals surface area contributed by atoms with E-state index in [9.17, 15) is 19.5 Å². The van der Waals surface area contributed by atoms with Crippen molar-refractivity contribution in [3.63, 3.8) is 0 Å². The Morgan fingerprint density at radius 3 is 2.37 bits per heavy atom. The number of carbonyl (C=O) groups is 3. The Morgan fingerprint density at radius 2 is 1.70 bits per heavy atom. The van der Waals surface area contributed by atoms with Crippen LogP contribution in [0.5, 0.6) is 0 Å². The fraction of sp³-hybridized carbons (Fsp3) is 0.609. The largest absolute Gasteiger partial charge is 0.481 e. The topological polar surface area (TPSA) is 107 Å². The molecule has 7 heteroatoms. The number of carboxylic acids is 1. The zero-order valence-corrected chi connectivity index (χ0v) is 17.4. The lowest BCUT2D eigenvalue weighted by molar-refractivity contribution is -0.137. The average molecular weight is 417 g/mol. The summed E-state index contributed by atoms with van der Waals surface area (Å²) in [7, 11) is 0. The van der Waals surface area contributed by atoms with Gasteiger partial charge < -0.3 is 10.2 Å². The van der Waals surface area contributed by atoms with Crippen LogP contribution in [0.1, 0.15) is 82.3 Å². The molecule has 2 aliphatic rings.